The molecule has 0 unspecified atom stereocenters. The molecule has 0 heterocycles. The van der Waals surface area contributed by atoms with Gasteiger partial charge in [-0.05, 0) is 12.1 Å². The monoisotopic (exact) mass is 288 g/mol. The number of esters is 1. The number of alkyl halides is 1. The van der Waals surface area contributed by atoms with Gasteiger partial charge in [0, 0.05) is 10.9 Å². The minimum atomic E-state index is -0.399. The first-order valence-electron chi connectivity index (χ1n) is 4.74. The summed E-state index contributed by atoms with van der Waals surface area (Å²) >= 11 is 3.30. The lowest BCUT2D eigenvalue weighted by Crippen LogP contribution is -2.09. The maximum absolute atomic E-state index is 11.5. The Morgan fingerprint density at radius 2 is 2.25 bits per heavy atom. The van der Waals surface area contributed by atoms with Gasteiger partial charge in [-0.15, -0.1) is 0 Å². The molecule has 0 aliphatic rings. The van der Waals surface area contributed by atoms with Crippen LogP contribution < -0.4 is 4.74 Å². The van der Waals surface area contributed by atoms with Crippen LogP contribution in [0.25, 0.3) is 0 Å². The first-order chi connectivity index (χ1) is 7.74. The van der Waals surface area contributed by atoms with Crippen LogP contribution in [-0.2, 0) is 10.1 Å². The van der Waals surface area contributed by atoms with Crippen LogP contribution in [0.15, 0.2) is 18.2 Å². The highest BCUT2D eigenvalue weighted by Gasteiger charge is 2.14. The number of rotatable bonds is 5. The standard InChI is InChI=1S/C11H13BrO4/c1-15-11(14)8-3-2-4-10(9(8)7-12)16-6-5-13/h2-4,13H,5-7H2,1H3. The number of ether oxygens (including phenoxy) is 2. The van der Waals surface area contributed by atoms with Crippen molar-refractivity contribution >= 4 is 21.9 Å². The van der Waals surface area contributed by atoms with E-state index in [0.717, 1.165) is 5.56 Å². The van der Waals surface area contributed by atoms with E-state index in [1.165, 1.54) is 7.11 Å². The Morgan fingerprint density at radius 3 is 2.81 bits per heavy atom. The van der Waals surface area contributed by atoms with Gasteiger partial charge in [-0.25, -0.2) is 4.79 Å². The fraction of sp³-hybridized carbons (Fsp3) is 0.364. The van der Waals surface area contributed by atoms with Gasteiger partial charge in [0.25, 0.3) is 0 Å². The zero-order valence-corrected chi connectivity index (χ0v) is 10.5. The molecule has 0 radical (unpaired) electrons. The van der Waals surface area contributed by atoms with Gasteiger partial charge < -0.3 is 14.6 Å². The molecule has 1 rings (SSSR count). The lowest BCUT2D eigenvalue weighted by Gasteiger charge is -2.12. The summed E-state index contributed by atoms with van der Waals surface area (Å²) in [6.45, 7) is 0.134. The second-order valence-electron chi connectivity index (χ2n) is 2.98. The van der Waals surface area contributed by atoms with E-state index in [4.69, 9.17) is 9.84 Å². The Hall–Kier alpha value is -1.07. The van der Waals surface area contributed by atoms with Crippen molar-refractivity contribution in [3.05, 3.63) is 29.3 Å². The molecule has 0 saturated heterocycles. The molecular formula is C11H13BrO4. The summed E-state index contributed by atoms with van der Waals surface area (Å²) in [5.74, 6) is 0.178. The van der Waals surface area contributed by atoms with E-state index < -0.39 is 5.97 Å². The van der Waals surface area contributed by atoms with Gasteiger partial charge in [0.15, 0.2) is 0 Å². The molecule has 0 aromatic heterocycles. The molecule has 0 atom stereocenters. The first-order valence-corrected chi connectivity index (χ1v) is 5.86. The van der Waals surface area contributed by atoms with Crippen molar-refractivity contribution < 1.29 is 19.4 Å². The molecule has 0 saturated carbocycles. The Morgan fingerprint density at radius 1 is 1.50 bits per heavy atom. The summed E-state index contributed by atoms with van der Waals surface area (Å²) < 4.78 is 10.00. The summed E-state index contributed by atoms with van der Waals surface area (Å²) in [5, 5.41) is 9.17. The van der Waals surface area contributed by atoms with Gasteiger partial charge in [-0.1, -0.05) is 22.0 Å². The Kier molecular flexibility index (Phi) is 5.28. The molecule has 1 aromatic carbocycles. The van der Waals surface area contributed by atoms with Crippen molar-refractivity contribution in [1.29, 1.82) is 0 Å². The average Bonchev–Trinajstić information content (AvgIpc) is 2.34. The maximum Gasteiger partial charge on any atom is 0.338 e. The predicted molar refractivity (Wildman–Crippen MR) is 63.0 cm³/mol. The summed E-state index contributed by atoms with van der Waals surface area (Å²) in [6.07, 6.45) is 0. The topological polar surface area (TPSA) is 55.8 Å². The SMILES string of the molecule is COC(=O)c1cccc(OCCO)c1CBr. The lowest BCUT2D eigenvalue weighted by molar-refractivity contribution is 0.0599. The van der Waals surface area contributed by atoms with Gasteiger partial charge in [0.2, 0.25) is 0 Å². The maximum atomic E-state index is 11.5. The molecule has 0 aliphatic carbocycles. The second kappa shape index (κ2) is 6.50. The van der Waals surface area contributed by atoms with Gasteiger partial charge in [0.05, 0.1) is 19.3 Å². The number of aliphatic hydroxyl groups is 1. The molecule has 5 heteroatoms. The number of carbonyl (C=O) groups is 1. The molecule has 1 aromatic rings. The van der Waals surface area contributed by atoms with E-state index in [0.29, 0.717) is 16.6 Å². The van der Waals surface area contributed by atoms with E-state index in [1.807, 2.05) is 0 Å². The van der Waals surface area contributed by atoms with Crippen molar-refractivity contribution in [3.8, 4) is 5.75 Å². The molecule has 1 N–H and O–H groups in total. The third kappa shape index (κ3) is 2.96. The number of hydrogen-bond acceptors (Lipinski definition) is 4. The van der Waals surface area contributed by atoms with E-state index in [1.54, 1.807) is 18.2 Å². The Labute approximate surface area is 102 Å². The number of aliphatic hydroxyl groups excluding tert-OH is 1. The molecule has 0 bridgehead atoms. The quantitative estimate of drug-likeness (QED) is 0.662. The average molecular weight is 289 g/mol. The number of carbonyl (C=O) groups excluding carboxylic acids is 1. The molecule has 0 aliphatic heterocycles. The molecule has 0 spiro atoms. The highest BCUT2D eigenvalue weighted by Crippen LogP contribution is 2.25. The zero-order chi connectivity index (χ0) is 12.0. The van der Waals surface area contributed by atoms with Crippen LogP contribution in [0.2, 0.25) is 0 Å². The summed E-state index contributed by atoms with van der Waals surface area (Å²) in [5.41, 5.74) is 1.19. The number of hydrogen-bond donors (Lipinski definition) is 1. The van der Waals surface area contributed by atoms with E-state index in [-0.39, 0.29) is 13.2 Å². The smallest absolute Gasteiger partial charge is 0.338 e. The zero-order valence-electron chi connectivity index (χ0n) is 8.90. The van der Waals surface area contributed by atoms with Gasteiger partial charge in [-0.2, -0.15) is 0 Å². The molecule has 0 amide bonds. The van der Waals surface area contributed by atoms with Gasteiger partial charge in [-0.3, -0.25) is 0 Å². The largest absolute Gasteiger partial charge is 0.491 e. The normalized spacial score (nSPS) is 9.94. The molecule has 4 nitrogen and oxygen atoms in total. The Bertz CT molecular complexity index is 365. The summed E-state index contributed by atoms with van der Waals surface area (Å²) in [4.78, 5) is 11.5. The minimum Gasteiger partial charge on any atom is -0.491 e. The van der Waals surface area contributed by atoms with E-state index in [9.17, 15) is 4.79 Å². The number of methoxy groups -OCH3 is 1. The molecular weight excluding hydrogens is 276 g/mol. The van der Waals surface area contributed by atoms with Gasteiger partial charge in [0.1, 0.15) is 12.4 Å². The molecule has 0 fully saturated rings. The van der Waals surface area contributed by atoms with Crippen molar-refractivity contribution in [2.24, 2.45) is 0 Å². The van der Waals surface area contributed by atoms with Crippen molar-refractivity contribution in [2.75, 3.05) is 20.3 Å². The van der Waals surface area contributed by atoms with Crippen LogP contribution in [0.1, 0.15) is 15.9 Å². The Balaban J connectivity index is 3.05. The lowest BCUT2D eigenvalue weighted by atomic mass is 10.1. The van der Waals surface area contributed by atoms with E-state index >= 15 is 0 Å². The van der Waals surface area contributed by atoms with Crippen LogP contribution in [0.3, 0.4) is 0 Å². The first kappa shape index (κ1) is 13.0. The van der Waals surface area contributed by atoms with Gasteiger partial charge >= 0.3 is 5.97 Å². The van der Waals surface area contributed by atoms with E-state index in [2.05, 4.69) is 20.7 Å². The van der Waals surface area contributed by atoms with Crippen LogP contribution in [0, 0.1) is 0 Å². The second-order valence-corrected chi connectivity index (χ2v) is 3.54. The highest BCUT2D eigenvalue weighted by atomic mass is 79.9. The fourth-order valence-electron chi connectivity index (χ4n) is 1.30. The summed E-state index contributed by atoms with van der Waals surface area (Å²) in [6, 6.07) is 5.14. The highest BCUT2D eigenvalue weighted by molar-refractivity contribution is 9.08. The minimum absolute atomic E-state index is 0.0653. The van der Waals surface area contributed by atoms with Crippen molar-refractivity contribution in [3.63, 3.8) is 0 Å². The van der Waals surface area contributed by atoms with Crippen LogP contribution >= 0.6 is 15.9 Å². The fourth-order valence-corrected chi connectivity index (χ4v) is 1.87. The van der Waals surface area contributed by atoms with Crippen LogP contribution in [0.5, 0.6) is 5.75 Å². The predicted octanol–water partition coefficient (Wildman–Crippen LogP) is 1.74. The third-order valence-electron chi connectivity index (χ3n) is 2.02. The van der Waals surface area contributed by atoms with Crippen molar-refractivity contribution in [1.82, 2.24) is 0 Å². The van der Waals surface area contributed by atoms with Crippen molar-refractivity contribution in [2.45, 2.75) is 5.33 Å². The molecule has 88 valence electrons. The van der Waals surface area contributed by atoms with Crippen LogP contribution in [0.4, 0.5) is 0 Å². The summed E-state index contributed by atoms with van der Waals surface area (Å²) in [7, 11) is 1.33. The molecule has 16 heavy (non-hydrogen) atoms. The third-order valence-corrected chi connectivity index (χ3v) is 2.58. The van der Waals surface area contributed by atoms with Crippen LogP contribution in [-0.4, -0.2) is 31.4 Å². The number of halogens is 1. The number of benzene rings is 1.